The fourth-order valence-corrected chi connectivity index (χ4v) is 1.29. The molecule has 0 aliphatic rings. The maximum atomic E-state index is 10.9. The Bertz CT molecular complexity index is 378. The van der Waals surface area contributed by atoms with Crippen LogP contribution >= 0.6 is 23.2 Å². The molecule has 0 unspecified atom stereocenters. The van der Waals surface area contributed by atoms with E-state index in [1.807, 2.05) is 0 Å². The van der Waals surface area contributed by atoms with Gasteiger partial charge in [0.25, 0.3) is 10.9 Å². The van der Waals surface area contributed by atoms with Crippen LogP contribution in [0.5, 0.6) is 0 Å². The van der Waals surface area contributed by atoms with Gasteiger partial charge in [-0.15, -0.1) is 0 Å². The molecule has 1 rings (SSSR count). The topological polar surface area (TPSA) is 60.2 Å². The average molecular weight is 234 g/mol. The van der Waals surface area contributed by atoms with Crippen molar-refractivity contribution in [2.75, 3.05) is 0 Å². The van der Waals surface area contributed by atoms with Crippen molar-refractivity contribution in [2.45, 2.75) is 6.92 Å². The molecule has 74 valence electrons. The van der Waals surface area contributed by atoms with Crippen LogP contribution in [0.15, 0.2) is 12.1 Å². The van der Waals surface area contributed by atoms with Crippen LogP contribution in [0.25, 0.3) is 0 Å². The summed E-state index contributed by atoms with van der Waals surface area (Å²) in [5.74, 6) is 0. The van der Waals surface area contributed by atoms with Gasteiger partial charge in [0.05, 0.1) is 9.95 Å². The lowest BCUT2D eigenvalue weighted by Gasteiger charge is -2.01. The van der Waals surface area contributed by atoms with Crippen LogP contribution in [0.2, 0.25) is 5.02 Å². The van der Waals surface area contributed by atoms with Crippen molar-refractivity contribution in [1.82, 2.24) is 0 Å². The first-order valence-corrected chi connectivity index (χ1v) is 4.33. The highest BCUT2D eigenvalue weighted by Crippen LogP contribution is 2.27. The van der Waals surface area contributed by atoms with Crippen molar-refractivity contribution in [1.29, 1.82) is 0 Å². The SMILES string of the molecule is Cc1cc(C(=O)Cl)c([N+](=O)[O-])cc1Cl. The first-order valence-electron chi connectivity index (χ1n) is 3.58. The van der Waals surface area contributed by atoms with Gasteiger partial charge >= 0.3 is 0 Å². The largest absolute Gasteiger partial charge is 0.283 e. The lowest BCUT2D eigenvalue weighted by Crippen LogP contribution is -1.99. The van der Waals surface area contributed by atoms with Crippen molar-refractivity contribution in [2.24, 2.45) is 0 Å². The van der Waals surface area contributed by atoms with Crippen molar-refractivity contribution < 1.29 is 9.72 Å². The summed E-state index contributed by atoms with van der Waals surface area (Å²) in [6, 6.07) is 2.42. The minimum atomic E-state index is -0.864. The van der Waals surface area contributed by atoms with Crippen molar-refractivity contribution in [3.05, 3.63) is 38.4 Å². The van der Waals surface area contributed by atoms with Gasteiger partial charge in [-0.3, -0.25) is 14.9 Å². The van der Waals surface area contributed by atoms with E-state index in [1.165, 1.54) is 6.07 Å². The van der Waals surface area contributed by atoms with E-state index in [0.29, 0.717) is 5.56 Å². The minimum Gasteiger partial charge on any atom is -0.275 e. The summed E-state index contributed by atoms with van der Waals surface area (Å²) in [4.78, 5) is 20.7. The molecule has 0 amide bonds. The van der Waals surface area contributed by atoms with Gasteiger partial charge in [0.2, 0.25) is 0 Å². The molecule has 0 heterocycles. The van der Waals surface area contributed by atoms with Crippen LogP contribution in [-0.2, 0) is 0 Å². The summed E-state index contributed by atoms with van der Waals surface area (Å²) < 4.78 is 0. The summed E-state index contributed by atoms with van der Waals surface area (Å²) >= 11 is 10.9. The predicted molar refractivity (Wildman–Crippen MR) is 53.0 cm³/mol. The van der Waals surface area contributed by atoms with Crippen LogP contribution in [0.1, 0.15) is 15.9 Å². The summed E-state index contributed by atoms with van der Waals surface area (Å²) in [7, 11) is 0. The number of hydrogen-bond acceptors (Lipinski definition) is 3. The number of hydrogen-bond donors (Lipinski definition) is 0. The Labute approximate surface area is 89.6 Å². The molecule has 0 saturated carbocycles. The van der Waals surface area contributed by atoms with Gasteiger partial charge in [0, 0.05) is 6.07 Å². The molecule has 0 aromatic heterocycles. The number of nitro groups is 1. The van der Waals surface area contributed by atoms with E-state index in [-0.39, 0.29) is 16.3 Å². The van der Waals surface area contributed by atoms with E-state index in [2.05, 4.69) is 0 Å². The van der Waals surface area contributed by atoms with Crippen molar-refractivity contribution in [3.8, 4) is 0 Å². The van der Waals surface area contributed by atoms with Crippen molar-refractivity contribution >= 4 is 34.1 Å². The smallest absolute Gasteiger partial charge is 0.275 e. The standard InChI is InChI=1S/C8H5Cl2NO3/c1-4-2-5(8(10)12)7(11(13)14)3-6(4)9/h2-3H,1H3. The molecular weight excluding hydrogens is 229 g/mol. The quantitative estimate of drug-likeness (QED) is 0.449. The molecule has 14 heavy (non-hydrogen) atoms. The Morgan fingerprint density at radius 2 is 2.07 bits per heavy atom. The zero-order chi connectivity index (χ0) is 10.9. The van der Waals surface area contributed by atoms with Gasteiger partial charge < -0.3 is 0 Å². The fraction of sp³-hybridized carbons (Fsp3) is 0.125. The normalized spacial score (nSPS) is 9.93. The Kier molecular flexibility index (Phi) is 3.08. The fourth-order valence-electron chi connectivity index (χ4n) is 0.979. The Balaban J connectivity index is 3.46. The zero-order valence-electron chi connectivity index (χ0n) is 7.08. The molecule has 1 aromatic carbocycles. The maximum absolute atomic E-state index is 10.9. The monoisotopic (exact) mass is 233 g/mol. The minimum absolute atomic E-state index is 0.140. The van der Waals surface area contributed by atoms with E-state index in [9.17, 15) is 14.9 Å². The van der Waals surface area contributed by atoms with Crippen LogP contribution in [-0.4, -0.2) is 10.2 Å². The maximum Gasteiger partial charge on any atom is 0.283 e. The highest BCUT2D eigenvalue weighted by molar-refractivity contribution is 6.68. The third kappa shape index (κ3) is 2.02. The van der Waals surface area contributed by atoms with Crippen LogP contribution in [0.4, 0.5) is 5.69 Å². The molecule has 4 nitrogen and oxygen atoms in total. The first-order chi connectivity index (χ1) is 6.43. The molecule has 0 N–H and O–H groups in total. The lowest BCUT2D eigenvalue weighted by atomic mass is 10.1. The highest BCUT2D eigenvalue weighted by atomic mass is 35.5. The van der Waals surface area contributed by atoms with Gasteiger partial charge in [-0.2, -0.15) is 0 Å². The van der Waals surface area contributed by atoms with E-state index in [1.54, 1.807) is 6.92 Å². The van der Waals surface area contributed by atoms with Crippen molar-refractivity contribution in [3.63, 3.8) is 0 Å². The first kappa shape index (κ1) is 10.9. The summed E-state index contributed by atoms with van der Waals surface area (Å²) in [5, 5.41) is 9.90. The second kappa shape index (κ2) is 3.94. The summed E-state index contributed by atoms with van der Waals surface area (Å²) in [5.41, 5.74) is 0.0560. The molecule has 0 aliphatic carbocycles. The molecule has 0 radical (unpaired) electrons. The van der Waals surface area contributed by atoms with E-state index in [0.717, 1.165) is 6.07 Å². The molecule has 0 bridgehead atoms. The van der Waals surface area contributed by atoms with Gasteiger partial charge in [-0.05, 0) is 30.2 Å². The number of rotatable bonds is 2. The van der Waals surface area contributed by atoms with E-state index in [4.69, 9.17) is 23.2 Å². The summed E-state index contributed by atoms with van der Waals surface area (Å²) in [6.07, 6.45) is 0. The highest BCUT2D eigenvalue weighted by Gasteiger charge is 2.20. The molecule has 1 aromatic rings. The number of aryl methyl sites for hydroxylation is 1. The number of nitro benzene ring substituents is 1. The van der Waals surface area contributed by atoms with E-state index >= 15 is 0 Å². The molecule has 0 atom stereocenters. The Morgan fingerprint density at radius 1 is 1.50 bits per heavy atom. The number of nitrogens with zero attached hydrogens (tertiary/aromatic N) is 1. The number of halogens is 2. The molecule has 0 spiro atoms. The average Bonchev–Trinajstić information content (AvgIpc) is 2.08. The Hall–Kier alpha value is -1.13. The predicted octanol–water partition coefficient (Wildman–Crippen LogP) is 2.94. The number of carbonyl (C=O) groups is 1. The second-order valence-electron chi connectivity index (χ2n) is 2.65. The van der Waals surface area contributed by atoms with Crippen LogP contribution < -0.4 is 0 Å². The zero-order valence-corrected chi connectivity index (χ0v) is 8.59. The molecule has 0 fully saturated rings. The van der Waals surface area contributed by atoms with E-state index < -0.39 is 10.2 Å². The molecule has 0 saturated heterocycles. The third-order valence-corrected chi connectivity index (χ3v) is 2.30. The van der Waals surface area contributed by atoms with Gasteiger partial charge in [0.15, 0.2) is 0 Å². The second-order valence-corrected chi connectivity index (χ2v) is 3.40. The van der Waals surface area contributed by atoms with Crippen LogP contribution in [0.3, 0.4) is 0 Å². The number of benzene rings is 1. The summed E-state index contributed by atoms with van der Waals surface area (Å²) in [6.45, 7) is 1.63. The molecule has 6 heteroatoms. The molecular formula is C8H5Cl2NO3. The number of carbonyl (C=O) groups excluding carboxylic acids is 1. The lowest BCUT2D eigenvalue weighted by molar-refractivity contribution is -0.385. The van der Waals surface area contributed by atoms with Gasteiger partial charge in [-0.25, -0.2) is 0 Å². The van der Waals surface area contributed by atoms with Gasteiger partial charge in [-0.1, -0.05) is 11.6 Å². The third-order valence-electron chi connectivity index (χ3n) is 1.69. The molecule has 0 aliphatic heterocycles. The Morgan fingerprint density at radius 3 is 2.50 bits per heavy atom. The van der Waals surface area contributed by atoms with Gasteiger partial charge in [0.1, 0.15) is 5.56 Å². The van der Waals surface area contributed by atoms with Crippen LogP contribution in [0, 0.1) is 17.0 Å².